The highest BCUT2D eigenvalue weighted by Crippen LogP contribution is 2.38. The first kappa shape index (κ1) is 24.5. The van der Waals surface area contributed by atoms with Crippen LogP contribution in [-0.2, 0) is 4.74 Å². The van der Waals surface area contributed by atoms with Crippen molar-refractivity contribution in [1.29, 1.82) is 0 Å². The van der Waals surface area contributed by atoms with Crippen LogP contribution < -0.4 is 20.3 Å². The maximum atomic E-state index is 10.6. The number of aliphatic hydroxyl groups is 1. The molecule has 2 aromatic heterocycles. The molecule has 0 spiro atoms. The van der Waals surface area contributed by atoms with Crippen molar-refractivity contribution in [2.45, 2.75) is 32.0 Å². The van der Waals surface area contributed by atoms with Crippen molar-refractivity contribution in [2.24, 2.45) is 0 Å². The van der Waals surface area contributed by atoms with E-state index < -0.39 is 6.10 Å². The van der Waals surface area contributed by atoms with Gasteiger partial charge >= 0.3 is 0 Å². The third kappa shape index (κ3) is 4.87. The maximum Gasteiger partial charge on any atom is 0.156 e. The molecule has 198 valence electrons. The zero-order valence-electron chi connectivity index (χ0n) is 21.6. The van der Waals surface area contributed by atoms with E-state index in [1.165, 1.54) is 0 Å². The Hall–Kier alpha value is -3.82. The van der Waals surface area contributed by atoms with Gasteiger partial charge in [0, 0.05) is 56.5 Å². The van der Waals surface area contributed by atoms with E-state index in [-0.39, 0.29) is 6.10 Å². The second-order valence-electron chi connectivity index (χ2n) is 10.1. The quantitative estimate of drug-likeness (QED) is 0.352. The van der Waals surface area contributed by atoms with E-state index >= 15 is 0 Å². The summed E-state index contributed by atoms with van der Waals surface area (Å²) >= 11 is 0. The van der Waals surface area contributed by atoms with E-state index in [1.807, 2.05) is 25.3 Å². The van der Waals surface area contributed by atoms with E-state index in [0.29, 0.717) is 19.0 Å². The fourth-order valence-electron chi connectivity index (χ4n) is 5.47. The summed E-state index contributed by atoms with van der Waals surface area (Å²) in [5.74, 6) is 1.17. The molecule has 6 rings (SSSR count). The van der Waals surface area contributed by atoms with Crippen LogP contribution in [0.1, 0.15) is 31.4 Å². The number of hydrogen-bond donors (Lipinski definition) is 3. The van der Waals surface area contributed by atoms with Crippen molar-refractivity contribution in [3.05, 3.63) is 60.4 Å². The molecule has 2 aliphatic heterocycles. The summed E-state index contributed by atoms with van der Waals surface area (Å²) in [5, 5.41) is 18.7. The van der Waals surface area contributed by atoms with Crippen molar-refractivity contribution in [3.8, 4) is 16.9 Å². The molecule has 9 heteroatoms. The van der Waals surface area contributed by atoms with Gasteiger partial charge in [-0.2, -0.15) is 5.10 Å². The molecule has 2 aliphatic rings. The van der Waals surface area contributed by atoms with Crippen LogP contribution in [0, 0.1) is 0 Å². The second kappa shape index (κ2) is 10.5. The lowest BCUT2D eigenvalue weighted by Crippen LogP contribution is -2.47. The Morgan fingerprint density at radius 1 is 1.05 bits per heavy atom. The average molecular weight is 515 g/mol. The van der Waals surface area contributed by atoms with Crippen LogP contribution in [0.15, 0.2) is 54.9 Å². The molecule has 4 aromatic rings. The molecule has 0 aliphatic carbocycles. The van der Waals surface area contributed by atoms with Crippen molar-refractivity contribution in [1.82, 2.24) is 15.2 Å². The number of aliphatic hydroxyl groups excluding tert-OH is 1. The lowest BCUT2D eigenvalue weighted by molar-refractivity contribution is 0.0262. The normalized spacial score (nSPS) is 17.6. The predicted molar refractivity (Wildman–Crippen MR) is 150 cm³/mol. The highest BCUT2D eigenvalue weighted by Gasteiger charge is 2.23. The summed E-state index contributed by atoms with van der Waals surface area (Å²) in [5.41, 5.74) is 12.2. The number of anilines is 3. The summed E-state index contributed by atoms with van der Waals surface area (Å²) < 4.78 is 12.0. The van der Waals surface area contributed by atoms with Crippen LogP contribution in [-0.4, -0.2) is 65.8 Å². The largest absolute Gasteiger partial charge is 0.489 e. The molecule has 2 fully saturated rings. The molecule has 4 N–H and O–H groups in total. The Kier molecular flexibility index (Phi) is 6.78. The van der Waals surface area contributed by atoms with Crippen LogP contribution in [0.2, 0.25) is 0 Å². The number of nitrogen functional groups attached to an aromatic ring is 1. The number of benzene rings is 2. The number of hydrogen-bond acceptors (Lipinski definition) is 8. The first-order chi connectivity index (χ1) is 18.6. The Morgan fingerprint density at radius 2 is 1.84 bits per heavy atom. The van der Waals surface area contributed by atoms with E-state index in [1.54, 1.807) is 6.20 Å². The summed E-state index contributed by atoms with van der Waals surface area (Å²) in [4.78, 5) is 8.99. The zero-order chi connectivity index (χ0) is 26.1. The fraction of sp³-hybridized carbons (Fsp3) is 0.379. The van der Waals surface area contributed by atoms with Gasteiger partial charge in [-0.25, -0.2) is 0 Å². The standard InChI is InChI=1S/C29H34N6O3/c1-19(36)24-5-4-20(16-26(24)35-11-9-34(10-12-35)22-3-2-8-31-18-22)21-15-25-28(29(30)33-32-25)27(17-21)38-23-6-13-37-14-7-23/h2-5,8,15-19,23,36H,6-7,9-14H2,1H3,(H3,30,32,33). The molecule has 38 heavy (non-hydrogen) atoms. The van der Waals surface area contributed by atoms with Crippen LogP contribution >= 0.6 is 0 Å². The molecule has 0 bridgehead atoms. The van der Waals surface area contributed by atoms with Crippen LogP contribution in [0.3, 0.4) is 0 Å². The Balaban J connectivity index is 1.32. The lowest BCUT2D eigenvalue weighted by atomic mass is 9.98. The number of pyridine rings is 1. The van der Waals surface area contributed by atoms with Gasteiger partial charge < -0.3 is 30.1 Å². The average Bonchev–Trinajstić information content (AvgIpc) is 3.34. The van der Waals surface area contributed by atoms with Crippen molar-refractivity contribution in [2.75, 3.05) is 54.9 Å². The summed E-state index contributed by atoms with van der Waals surface area (Å²) in [6.07, 6.45) is 4.92. The highest BCUT2D eigenvalue weighted by molar-refractivity contribution is 5.97. The number of ether oxygens (including phenoxy) is 2. The van der Waals surface area contributed by atoms with Gasteiger partial charge in [0.05, 0.1) is 42.1 Å². The van der Waals surface area contributed by atoms with Crippen LogP contribution in [0.4, 0.5) is 17.2 Å². The van der Waals surface area contributed by atoms with Crippen molar-refractivity contribution >= 4 is 28.1 Å². The molecule has 1 unspecified atom stereocenters. The van der Waals surface area contributed by atoms with Gasteiger partial charge in [-0.05, 0) is 48.4 Å². The van der Waals surface area contributed by atoms with Gasteiger partial charge in [0.2, 0.25) is 0 Å². The number of nitrogens with two attached hydrogens (primary N) is 1. The van der Waals surface area contributed by atoms with E-state index in [4.69, 9.17) is 15.2 Å². The number of nitrogens with one attached hydrogen (secondary N) is 1. The summed E-state index contributed by atoms with van der Waals surface area (Å²) in [6.45, 7) is 6.71. The topological polar surface area (TPSA) is 113 Å². The molecule has 1 atom stereocenters. The molecular formula is C29H34N6O3. The first-order valence-electron chi connectivity index (χ1n) is 13.3. The molecule has 9 nitrogen and oxygen atoms in total. The molecule has 2 aromatic carbocycles. The van der Waals surface area contributed by atoms with Gasteiger partial charge in [-0.3, -0.25) is 10.1 Å². The maximum absolute atomic E-state index is 10.6. The molecule has 0 radical (unpaired) electrons. The monoisotopic (exact) mass is 514 g/mol. The highest BCUT2D eigenvalue weighted by atomic mass is 16.5. The van der Waals surface area contributed by atoms with Crippen molar-refractivity contribution in [3.63, 3.8) is 0 Å². The first-order valence-corrected chi connectivity index (χ1v) is 13.3. The van der Waals surface area contributed by atoms with E-state index in [9.17, 15) is 5.11 Å². The number of H-pyrrole nitrogens is 1. The lowest BCUT2D eigenvalue weighted by Gasteiger charge is -2.38. The molecule has 2 saturated heterocycles. The van der Waals surface area contributed by atoms with Gasteiger partial charge in [-0.1, -0.05) is 12.1 Å². The number of aromatic nitrogens is 3. The van der Waals surface area contributed by atoms with Crippen molar-refractivity contribution < 1.29 is 14.6 Å². The SMILES string of the molecule is CC(O)c1ccc(-c2cc(OC3CCOCC3)c3c(N)n[nH]c3c2)cc1N1CCN(c2cccnc2)CC1. The fourth-order valence-corrected chi connectivity index (χ4v) is 5.47. The second-order valence-corrected chi connectivity index (χ2v) is 10.1. The minimum atomic E-state index is -0.572. The van der Waals surface area contributed by atoms with E-state index in [2.05, 4.69) is 55.3 Å². The van der Waals surface area contributed by atoms with Gasteiger partial charge in [-0.15, -0.1) is 0 Å². The third-order valence-electron chi connectivity index (χ3n) is 7.56. The number of piperazine rings is 1. The van der Waals surface area contributed by atoms with Gasteiger partial charge in [0.25, 0.3) is 0 Å². The third-order valence-corrected chi connectivity index (χ3v) is 7.56. The zero-order valence-corrected chi connectivity index (χ0v) is 21.6. The number of aromatic amines is 1. The summed E-state index contributed by atoms with van der Waals surface area (Å²) in [7, 11) is 0. The van der Waals surface area contributed by atoms with Crippen LogP contribution in [0.25, 0.3) is 22.0 Å². The Bertz CT molecular complexity index is 1390. The summed E-state index contributed by atoms with van der Waals surface area (Å²) in [6, 6.07) is 14.5. The predicted octanol–water partition coefficient (Wildman–Crippen LogP) is 4.14. The smallest absolute Gasteiger partial charge is 0.156 e. The molecular weight excluding hydrogens is 480 g/mol. The molecule has 0 amide bonds. The van der Waals surface area contributed by atoms with Crippen LogP contribution in [0.5, 0.6) is 5.75 Å². The van der Waals surface area contributed by atoms with E-state index in [0.717, 1.165) is 83.7 Å². The molecule has 4 heterocycles. The van der Waals surface area contributed by atoms with Gasteiger partial charge in [0.15, 0.2) is 5.82 Å². The van der Waals surface area contributed by atoms with Gasteiger partial charge in [0.1, 0.15) is 11.9 Å². The number of fused-ring (bicyclic) bond motifs is 1. The molecule has 0 saturated carbocycles. The Labute approximate surface area is 222 Å². The Morgan fingerprint density at radius 3 is 2.58 bits per heavy atom. The number of rotatable bonds is 6. The number of nitrogens with zero attached hydrogens (tertiary/aromatic N) is 4. The minimum Gasteiger partial charge on any atom is -0.489 e. The minimum absolute atomic E-state index is 0.0841.